The lowest BCUT2D eigenvalue weighted by Gasteiger charge is -2.32. The third-order valence-corrected chi connectivity index (χ3v) is 3.67. The summed E-state index contributed by atoms with van der Waals surface area (Å²) in [6.45, 7) is 4.11. The van der Waals surface area contributed by atoms with Crippen LogP contribution < -0.4 is 10.6 Å². The Bertz CT molecular complexity index is 313. The topological polar surface area (TPSA) is 50.4 Å². The first-order valence-electron chi connectivity index (χ1n) is 6.85. The van der Waals surface area contributed by atoms with Gasteiger partial charge in [-0.15, -0.1) is 0 Å². The van der Waals surface area contributed by atoms with Gasteiger partial charge in [0.2, 0.25) is 5.91 Å². The molecule has 1 heterocycles. The van der Waals surface area contributed by atoms with E-state index in [1.165, 1.54) is 0 Å². The highest BCUT2D eigenvalue weighted by Gasteiger charge is 2.42. The molecule has 1 aliphatic heterocycles. The van der Waals surface area contributed by atoms with Crippen molar-refractivity contribution in [3.8, 4) is 0 Å². The number of amides is 1. The Morgan fingerprint density at radius 2 is 2.05 bits per heavy atom. The van der Waals surface area contributed by atoms with Crippen molar-refractivity contribution < 1.29 is 22.7 Å². The van der Waals surface area contributed by atoms with E-state index in [0.29, 0.717) is 6.61 Å². The molecule has 1 amide bonds. The summed E-state index contributed by atoms with van der Waals surface area (Å²) in [5.74, 6) is -1.40. The largest absolute Gasteiger partial charge is 0.393 e. The quantitative estimate of drug-likeness (QED) is 0.812. The van der Waals surface area contributed by atoms with E-state index in [0.717, 1.165) is 0 Å². The zero-order chi connectivity index (χ0) is 15.3. The minimum atomic E-state index is -4.19. The van der Waals surface area contributed by atoms with Crippen LogP contribution in [0.25, 0.3) is 0 Å². The van der Waals surface area contributed by atoms with Crippen molar-refractivity contribution in [2.24, 2.45) is 11.8 Å². The molecule has 118 valence electrons. The number of hydrogen-bond acceptors (Lipinski definition) is 3. The van der Waals surface area contributed by atoms with Gasteiger partial charge >= 0.3 is 6.18 Å². The van der Waals surface area contributed by atoms with E-state index in [4.69, 9.17) is 4.74 Å². The molecule has 4 nitrogen and oxygen atoms in total. The normalized spacial score (nSPS) is 25.6. The highest BCUT2D eigenvalue weighted by molar-refractivity contribution is 5.82. The van der Waals surface area contributed by atoms with Crippen LogP contribution in [0.1, 0.15) is 26.7 Å². The summed E-state index contributed by atoms with van der Waals surface area (Å²) in [5.41, 5.74) is 0. The van der Waals surface area contributed by atoms with Crippen LogP contribution in [-0.2, 0) is 9.53 Å². The minimum Gasteiger partial charge on any atom is -0.383 e. The number of piperidine rings is 1. The van der Waals surface area contributed by atoms with E-state index in [1.807, 2.05) is 13.8 Å². The van der Waals surface area contributed by atoms with Gasteiger partial charge in [-0.3, -0.25) is 4.79 Å². The van der Waals surface area contributed by atoms with E-state index in [1.54, 1.807) is 7.11 Å². The molecule has 1 rings (SSSR count). The molecule has 0 radical (unpaired) electrons. The summed E-state index contributed by atoms with van der Waals surface area (Å²) in [5, 5.41) is 5.52. The van der Waals surface area contributed by atoms with Crippen LogP contribution in [0.2, 0.25) is 0 Å². The number of rotatable bonds is 5. The smallest absolute Gasteiger partial charge is 0.383 e. The maximum Gasteiger partial charge on any atom is 0.393 e. The first-order valence-corrected chi connectivity index (χ1v) is 6.85. The van der Waals surface area contributed by atoms with Crippen LogP contribution in [-0.4, -0.2) is 44.4 Å². The summed E-state index contributed by atoms with van der Waals surface area (Å²) < 4.78 is 42.6. The molecule has 0 aromatic rings. The van der Waals surface area contributed by atoms with Crippen molar-refractivity contribution in [1.29, 1.82) is 0 Å². The Hall–Kier alpha value is -0.820. The molecule has 2 N–H and O–H groups in total. The maximum atomic E-state index is 12.5. The second-order valence-electron chi connectivity index (χ2n) is 5.59. The molecule has 1 saturated heterocycles. The highest BCUT2D eigenvalue weighted by atomic mass is 19.4. The van der Waals surface area contributed by atoms with Crippen LogP contribution in [0.3, 0.4) is 0 Å². The van der Waals surface area contributed by atoms with E-state index in [-0.39, 0.29) is 37.3 Å². The van der Waals surface area contributed by atoms with Crippen LogP contribution in [0.15, 0.2) is 0 Å². The molecule has 0 spiro atoms. The Labute approximate surface area is 117 Å². The number of hydrogen-bond donors (Lipinski definition) is 2. The monoisotopic (exact) mass is 296 g/mol. The molecule has 3 unspecified atom stereocenters. The van der Waals surface area contributed by atoms with Crippen LogP contribution in [0.4, 0.5) is 13.2 Å². The minimum absolute atomic E-state index is 0.00872. The molecule has 0 saturated carbocycles. The van der Waals surface area contributed by atoms with Gasteiger partial charge in [-0.25, -0.2) is 0 Å². The fourth-order valence-corrected chi connectivity index (χ4v) is 2.22. The molecular formula is C13H23F3N2O2. The molecule has 0 aromatic heterocycles. The SMILES string of the molecule is COCC(NC(=O)C1CCC(C(F)(F)F)CN1)C(C)C. The van der Waals surface area contributed by atoms with E-state index < -0.39 is 18.1 Å². The van der Waals surface area contributed by atoms with Gasteiger partial charge in [0.1, 0.15) is 0 Å². The Morgan fingerprint density at radius 1 is 1.40 bits per heavy atom. The standard InChI is InChI=1S/C13H23F3N2O2/c1-8(2)11(7-20-3)18-12(19)10-5-4-9(6-17-10)13(14,15)16/h8-11,17H,4-7H2,1-3H3,(H,18,19). The first kappa shape index (κ1) is 17.2. The molecule has 0 aliphatic carbocycles. The van der Waals surface area contributed by atoms with Gasteiger partial charge in [0, 0.05) is 13.7 Å². The Balaban J connectivity index is 2.46. The molecule has 1 fully saturated rings. The molecule has 1 aliphatic rings. The zero-order valence-electron chi connectivity index (χ0n) is 12.1. The highest BCUT2D eigenvalue weighted by Crippen LogP contribution is 2.31. The van der Waals surface area contributed by atoms with Gasteiger partial charge in [-0.2, -0.15) is 13.2 Å². The predicted octanol–water partition coefficient (Wildman–Crippen LogP) is 1.70. The first-order chi connectivity index (χ1) is 9.25. The molecule has 3 atom stereocenters. The van der Waals surface area contributed by atoms with Crippen LogP contribution >= 0.6 is 0 Å². The average Bonchev–Trinajstić information content (AvgIpc) is 2.37. The number of carbonyl (C=O) groups is 1. The third-order valence-electron chi connectivity index (χ3n) is 3.67. The van der Waals surface area contributed by atoms with Crippen molar-refractivity contribution in [3.05, 3.63) is 0 Å². The van der Waals surface area contributed by atoms with Gasteiger partial charge < -0.3 is 15.4 Å². The van der Waals surface area contributed by atoms with Crippen LogP contribution in [0, 0.1) is 11.8 Å². The lowest BCUT2D eigenvalue weighted by molar-refractivity contribution is -0.180. The number of halogens is 3. The Morgan fingerprint density at radius 3 is 2.45 bits per heavy atom. The van der Waals surface area contributed by atoms with Crippen molar-refractivity contribution in [2.75, 3.05) is 20.3 Å². The molecule has 0 bridgehead atoms. The zero-order valence-corrected chi connectivity index (χ0v) is 12.1. The maximum absolute atomic E-state index is 12.5. The van der Waals surface area contributed by atoms with Crippen molar-refractivity contribution in [2.45, 2.75) is 44.9 Å². The second-order valence-corrected chi connectivity index (χ2v) is 5.59. The lowest BCUT2D eigenvalue weighted by atomic mass is 9.93. The molecule has 7 heteroatoms. The average molecular weight is 296 g/mol. The third kappa shape index (κ3) is 4.94. The van der Waals surface area contributed by atoms with Gasteiger partial charge in [0.25, 0.3) is 0 Å². The van der Waals surface area contributed by atoms with E-state index >= 15 is 0 Å². The number of nitrogens with one attached hydrogen (secondary N) is 2. The fraction of sp³-hybridized carbons (Fsp3) is 0.923. The summed E-state index contributed by atoms with van der Waals surface area (Å²) >= 11 is 0. The predicted molar refractivity (Wildman–Crippen MR) is 69.2 cm³/mol. The Kier molecular flexibility index (Phi) is 6.26. The lowest BCUT2D eigenvalue weighted by Crippen LogP contribution is -2.54. The summed E-state index contributed by atoms with van der Waals surface area (Å²) in [7, 11) is 1.55. The summed E-state index contributed by atoms with van der Waals surface area (Å²) in [6, 6.07) is -0.679. The van der Waals surface area contributed by atoms with Gasteiger partial charge in [-0.1, -0.05) is 13.8 Å². The number of ether oxygens (including phenoxy) is 1. The van der Waals surface area contributed by atoms with E-state index in [2.05, 4.69) is 10.6 Å². The van der Waals surface area contributed by atoms with Gasteiger partial charge in [0.05, 0.1) is 24.6 Å². The summed E-state index contributed by atoms with van der Waals surface area (Å²) in [4.78, 5) is 12.0. The second kappa shape index (κ2) is 7.26. The van der Waals surface area contributed by atoms with Gasteiger partial charge in [0.15, 0.2) is 0 Å². The molecule has 0 aromatic carbocycles. The number of alkyl halides is 3. The van der Waals surface area contributed by atoms with Gasteiger partial charge in [-0.05, 0) is 18.8 Å². The molecular weight excluding hydrogens is 273 g/mol. The van der Waals surface area contributed by atoms with Crippen molar-refractivity contribution in [3.63, 3.8) is 0 Å². The van der Waals surface area contributed by atoms with Crippen LogP contribution in [0.5, 0.6) is 0 Å². The summed E-state index contributed by atoms with van der Waals surface area (Å²) in [6.07, 6.45) is -4.00. The number of carbonyl (C=O) groups excluding carboxylic acids is 1. The molecule has 20 heavy (non-hydrogen) atoms. The fourth-order valence-electron chi connectivity index (χ4n) is 2.22. The van der Waals surface area contributed by atoms with Crippen molar-refractivity contribution in [1.82, 2.24) is 10.6 Å². The van der Waals surface area contributed by atoms with E-state index in [9.17, 15) is 18.0 Å². The van der Waals surface area contributed by atoms with Crippen molar-refractivity contribution >= 4 is 5.91 Å². The number of methoxy groups -OCH3 is 1.